The Morgan fingerprint density at radius 3 is 2.65 bits per heavy atom. The van der Waals surface area contributed by atoms with Crippen LogP contribution in [0.4, 0.5) is 5.95 Å². The number of aliphatic imine (C=N–C) groups is 1. The minimum Gasteiger partial charge on any atom is -0.469 e. The van der Waals surface area contributed by atoms with E-state index in [1.807, 2.05) is 25.1 Å². The molecule has 0 aliphatic carbocycles. The average Bonchev–Trinajstić information content (AvgIpc) is 3.19. The van der Waals surface area contributed by atoms with Crippen molar-refractivity contribution in [3.05, 3.63) is 54.8 Å². The molecule has 0 atom stereocenters. The van der Waals surface area contributed by atoms with E-state index in [-0.39, 0.29) is 0 Å². The predicted octanol–water partition coefficient (Wildman–Crippen LogP) is 1.96. The first-order valence-electron chi connectivity index (χ1n) is 8.94. The summed E-state index contributed by atoms with van der Waals surface area (Å²) in [6, 6.07) is 5.74. The van der Waals surface area contributed by atoms with E-state index in [0.717, 1.165) is 62.4 Å². The molecule has 26 heavy (non-hydrogen) atoms. The van der Waals surface area contributed by atoms with Gasteiger partial charge in [-0.1, -0.05) is 12.2 Å². The topological polar surface area (TPSA) is 69.8 Å². The second kappa shape index (κ2) is 9.03. The van der Waals surface area contributed by atoms with Crippen molar-refractivity contribution in [2.75, 3.05) is 44.2 Å². The van der Waals surface area contributed by atoms with E-state index < -0.39 is 0 Å². The number of guanidine groups is 1. The van der Waals surface area contributed by atoms with Crippen molar-refractivity contribution in [1.82, 2.24) is 20.2 Å². The molecule has 3 rings (SSSR count). The number of nitrogens with one attached hydrogen (secondary N) is 1. The highest BCUT2D eigenvalue weighted by atomic mass is 16.3. The van der Waals surface area contributed by atoms with Gasteiger partial charge in [0.05, 0.1) is 12.8 Å². The standard InChI is InChI=1S/C19H26N6O/c1-16(2)15-23-19(22-9-6-17-5-3-14-26-17)25-12-10-24(11-13-25)18-20-7-4-8-21-18/h3-5,7-8,14H,1,6,9-13,15H2,2H3,(H,22,23). The van der Waals surface area contributed by atoms with Crippen molar-refractivity contribution in [3.63, 3.8) is 0 Å². The van der Waals surface area contributed by atoms with Gasteiger partial charge in [0.15, 0.2) is 5.96 Å². The van der Waals surface area contributed by atoms with Crippen LogP contribution in [0.15, 0.2) is 58.4 Å². The Bertz CT molecular complexity index is 705. The third-order valence-corrected chi connectivity index (χ3v) is 4.15. The first-order chi connectivity index (χ1) is 12.7. The van der Waals surface area contributed by atoms with Crippen LogP contribution in [-0.2, 0) is 6.42 Å². The summed E-state index contributed by atoms with van der Waals surface area (Å²) in [5.41, 5.74) is 1.05. The van der Waals surface area contributed by atoms with Crippen molar-refractivity contribution in [3.8, 4) is 0 Å². The molecule has 1 aliphatic heterocycles. The van der Waals surface area contributed by atoms with Crippen LogP contribution in [0, 0.1) is 0 Å². The van der Waals surface area contributed by atoms with E-state index in [2.05, 4.69) is 31.7 Å². The van der Waals surface area contributed by atoms with Gasteiger partial charge in [0.25, 0.3) is 0 Å². The number of rotatable bonds is 6. The van der Waals surface area contributed by atoms with Gasteiger partial charge in [-0.15, -0.1) is 0 Å². The molecule has 7 heteroatoms. The van der Waals surface area contributed by atoms with Gasteiger partial charge in [0.1, 0.15) is 5.76 Å². The zero-order valence-corrected chi connectivity index (χ0v) is 15.3. The molecule has 1 fully saturated rings. The van der Waals surface area contributed by atoms with Gasteiger partial charge < -0.3 is 19.5 Å². The highest BCUT2D eigenvalue weighted by molar-refractivity contribution is 5.80. The minimum atomic E-state index is 0.630. The summed E-state index contributed by atoms with van der Waals surface area (Å²) >= 11 is 0. The maximum Gasteiger partial charge on any atom is 0.225 e. The second-order valence-corrected chi connectivity index (χ2v) is 6.38. The number of nitrogens with zero attached hydrogens (tertiary/aromatic N) is 5. The van der Waals surface area contributed by atoms with E-state index in [0.29, 0.717) is 6.54 Å². The Morgan fingerprint density at radius 1 is 1.23 bits per heavy atom. The molecule has 0 unspecified atom stereocenters. The summed E-state index contributed by atoms with van der Waals surface area (Å²) in [5.74, 6) is 2.69. The quantitative estimate of drug-likeness (QED) is 0.486. The number of furan rings is 1. The van der Waals surface area contributed by atoms with Gasteiger partial charge in [0, 0.05) is 51.5 Å². The van der Waals surface area contributed by atoms with Crippen molar-refractivity contribution in [2.45, 2.75) is 13.3 Å². The molecule has 0 radical (unpaired) electrons. The molecule has 138 valence electrons. The smallest absolute Gasteiger partial charge is 0.225 e. The van der Waals surface area contributed by atoms with Crippen molar-refractivity contribution in [2.24, 2.45) is 4.99 Å². The summed E-state index contributed by atoms with van der Waals surface area (Å²) in [6.07, 6.45) is 6.10. The van der Waals surface area contributed by atoms with Gasteiger partial charge in [-0.25, -0.2) is 15.0 Å². The Kier molecular flexibility index (Phi) is 6.24. The van der Waals surface area contributed by atoms with Gasteiger partial charge in [-0.05, 0) is 25.1 Å². The van der Waals surface area contributed by atoms with Crippen LogP contribution in [0.3, 0.4) is 0 Å². The summed E-state index contributed by atoms with van der Waals surface area (Å²) in [5, 5.41) is 3.46. The molecule has 0 bridgehead atoms. The lowest BCUT2D eigenvalue weighted by Crippen LogP contribution is -2.53. The molecule has 0 saturated carbocycles. The van der Waals surface area contributed by atoms with Crippen molar-refractivity contribution < 1.29 is 4.42 Å². The van der Waals surface area contributed by atoms with Crippen LogP contribution in [0.5, 0.6) is 0 Å². The lowest BCUT2D eigenvalue weighted by atomic mass is 10.3. The largest absolute Gasteiger partial charge is 0.469 e. The SMILES string of the molecule is C=C(C)CN=C(NCCc1ccco1)N1CCN(c2ncccn2)CC1. The minimum absolute atomic E-state index is 0.630. The average molecular weight is 354 g/mol. The normalized spacial score (nSPS) is 15.2. The fourth-order valence-electron chi connectivity index (χ4n) is 2.80. The first-order valence-corrected chi connectivity index (χ1v) is 8.94. The molecule has 1 saturated heterocycles. The molecule has 2 aromatic rings. The van der Waals surface area contributed by atoms with E-state index in [4.69, 9.17) is 9.41 Å². The van der Waals surface area contributed by atoms with Crippen LogP contribution >= 0.6 is 0 Å². The van der Waals surface area contributed by atoms with Crippen molar-refractivity contribution >= 4 is 11.9 Å². The fraction of sp³-hybridized carbons (Fsp3) is 0.421. The summed E-state index contributed by atoms with van der Waals surface area (Å²) < 4.78 is 5.39. The highest BCUT2D eigenvalue weighted by Crippen LogP contribution is 2.10. The van der Waals surface area contributed by atoms with Crippen LogP contribution < -0.4 is 10.2 Å². The Hall–Kier alpha value is -2.83. The molecule has 0 spiro atoms. The predicted molar refractivity (Wildman–Crippen MR) is 103 cm³/mol. The monoisotopic (exact) mass is 354 g/mol. The Morgan fingerprint density at radius 2 is 2.00 bits per heavy atom. The van der Waals surface area contributed by atoms with Crippen LogP contribution in [0.2, 0.25) is 0 Å². The molecule has 0 aromatic carbocycles. The number of hydrogen-bond acceptors (Lipinski definition) is 5. The van der Waals surface area contributed by atoms with Crippen LogP contribution in [0.25, 0.3) is 0 Å². The van der Waals surface area contributed by atoms with Gasteiger partial charge >= 0.3 is 0 Å². The summed E-state index contributed by atoms with van der Waals surface area (Å²) in [4.78, 5) is 17.9. The summed E-state index contributed by atoms with van der Waals surface area (Å²) in [7, 11) is 0. The molecule has 2 aromatic heterocycles. The van der Waals surface area contributed by atoms with E-state index in [9.17, 15) is 0 Å². The maximum absolute atomic E-state index is 5.39. The fourth-order valence-corrected chi connectivity index (χ4v) is 2.80. The second-order valence-electron chi connectivity index (χ2n) is 6.38. The molecule has 7 nitrogen and oxygen atoms in total. The van der Waals surface area contributed by atoms with Gasteiger partial charge in [0.2, 0.25) is 5.95 Å². The number of aromatic nitrogens is 2. The third kappa shape index (κ3) is 5.08. The van der Waals surface area contributed by atoms with Gasteiger partial charge in [-0.3, -0.25) is 0 Å². The maximum atomic E-state index is 5.39. The molecule has 1 N–H and O–H groups in total. The van der Waals surface area contributed by atoms with Crippen LogP contribution in [-0.4, -0.2) is 60.1 Å². The number of piperazine rings is 1. The molecular weight excluding hydrogens is 328 g/mol. The van der Waals surface area contributed by atoms with E-state index in [1.165, 1.54) is 0 Å². The number of hydrogen-bond donors (Lipinski definition) is 1. The highest BCUT2D eigenvalue weighted by Gasteiger charge is 2.21. The molecule has 0 amide bonds. The van der Waals surface area contributed by atoms with Crippen molar-refractivity contribution in [1.29, 1.82) is 0 Å². The van der Waals surface area contributed by atoms with E-state index >= 15 is 0 Å². The lowest BCUT2D eigenvalue weighted by molar-refractivity contribution is 0.369. The zero-order chi connectivity index (χ0) is 18.2. The Labute approximate surface area is 154 Å². The number of anilines is 1. The van der Waals surface area contributed by atoms with Crippen LogP contribution in [0.1, 0.15) is 12.7 Å². The molecular formula is C19H26N6O. The lowest BCUT2D eigenvalue weighted by Gasteiger charge is -2.36. The first kappa shape index (κ1) is 18.0. The third-order valence-electron chi connectivity index (χ3n) is 4.15. The molecule has 3 heterocycles. The van der Waals surface area contributed by atoms with E-state index in [1.54, 1.807) is 18.7 Å². The molecule has 1 aliphatic rings. The van der Waals surface area contributed by atoms with Gasteiger partial charge in [-0.2, -0.15) is 0 Å². The zero-order valence-electron chi connectivity index (χ0n) is 15.3. The Balaban J connectivity index is 1.56. The summed E-state index contributed by atoms with van der Waals surface area (Å²) in [6.45, 7) is 10.9.